The van der Waals surface area contributed by atoms with Gasteiger partial charge in [-0.25, -0.2) is 0 Å². The van der Waals surface area contributed by atoms with E-state index in [0.717, 1.165) is 25.9 Å². The second-order valence-electron chi connectivity index (χ2n) is 6.07. The van der Waals surface area contributed by atoms with Crippen LogP contribution in [-0.2, 0) is 0 Å². The van der Waals surface area contributed by atoms with Crippen LogP contribution in [0.3, 0.4) is 0 Å². The molecule has 0 radical (unpaired) electrons. The first-order chi connectivity index (χ1) is 8.87. The third-order valence-corrected chi connectivity index (χ3v) is 3.87. The Bertz CT molecular complexity index is 472. The van der Waals surface area contributed by atoms with Gasteiger partial charge in [0.2, 0.25) is 0 Å². The van der Waals surface area contributed by atoms with Crippen molar-refractivity contribution in [2.45, 2.75) is 26.7 Å². The molecular formula is C15H21NO3. The minimum Gasteiger partial charge on any atom is -0.504 e. The van der Waals surface area contributed by atoms with Crippen LogP contribution in [0.1, 0.15) is 37.0 Å². The molecule has 1 fully saturated rings. The Morgan fingerprint density at radius 3 is 2.42 bits per heavy atom. The highest BCUT2D eigenvalue weighted by atomic mass is 16.3. The van der Waals surface area contributed by atoms with Crippen molar-refractivity contribution in [2.24, 2.45) is 5.41 Å². The van der Waals surface area contributed by atoms with Gasteiger partial charge in [0, 0.05) is 5.56 Å². The van der Waals surface area contributed by atoms with Gasteiger partial charge in [-0.3, -0.25) is 9.69 Å². The topological polar surface area (TPSA) is 60.8 Å². The summed E-state index contributed by atoms with van der Waals surface area (Å²) in [6, 6.07) is 4.22. The molecule has 0 amide bonds. The summed E-state index contributed by atoms with van der Waals surface area (Å²) in [5.74, 6) is -0.461. The summed E-state index contributed by atoms with van der Waals surface area (Å²) >= 11 is 0. The highest BCUT2D eigenvalue weighted by Crippen LogP contribution is 2.30. The van der Waals surface area contributed by atoms with Gasteiger partial charge in [0.15, 0.2) is 17.3 Å². The number of piperidine rings is 1. The van der Waals surface area contributed by atoms with Crippen molar-refractivity contribution in [3.8, 4) is 11.5 Å². The van der Waals surface area contributed by atoms with Crippen molar-refractivity contribution in [1.29, 1.82) is 0 Å². The molecular weight excluding hydrogens is 242 g/mol. The van der Waals surface area contributed by atoms with Gasteiger partial charge in [0.1, 0.15) is 0 Å². The third-order valence-electron chi connectivity index (χ3n) is 3.87. The number of hydrogen-bond donors (Lipinski definition) is 2. The fourth-order valence-electron chi connectivity index (χ4n) is 2.31. The number of phenols is 2. The molecule has 2 rings (SSSR count). The number of Topliss-reactive ketones (excluding diaryl/α,β-unsaturated/α-hetero) is 1. The molecule has 0 unspecified atom stereocenters. The number of nitrogens with zero attached hydrogens (tertiary/aromatic N) is 1. The summed E-state index contributed by atoms with van der Waals surface area (Å²) in [5.41, 5.74) is 0.816. The highest BCUT2D eigenvalue weighted by molar-refractivity contribution is 5.98. The molecule has 1 aromatic rings. The third kappa shape index (κ3) is 3.47. The smallest absolute Gasteiger partial charge is 0.176 e. The van der Waals surface area contributed by atoms with Gasteiger partial charge in [0.25, 0.3) is 0 Å². The first-order valence-corrected chi connectivity index (χ1v) is 6.65. The molecule has 1 aliphatic heterocycles. The number of benzene rings is 1. The van der Waals surface area contributed by atoms with Crippen molar-refractivity contribution >= 4 is 5.78 Å². The molecule has 0 aliphatic carbocycles. The molecule has 2 N–H and O–H groups in total. The molecule has 19 heavy (non-hydrogen) atoms. The maximum Gasteiger partial charge on any atom is 0.176 e. The van der Waals surface area contributed by atoms with Crippen LogP contribution in [-0.4, -0.2) is 40.5 Å². The van der Waals surface area contributed by atoms with E-state index < -0.39 is 0 Å². The van der Waals surface area contributed by atoms with Crippen LogP contribution in [0, 0.1) is 5.41 Å². The van der Waals surface area contributed by atoms with Crippen molar-refractivity contribution < 1.29 is 15.0 Å². The van der Waals surface area contributed by atoms with E-state index in [9.17, 15) is 15.0 Å². The molecule has 1 aromatic carbocycles. The van der Waals surface area contributed by atoms with Crippen LogP contribution in [0.15, 0.2) is 18.2 Å². The monoisotopic (exact) mass is 263 g/mol. The zero-order valence-electron chi connectivity index (χ0n) is 11.5. The summed E-state index contributed by atoms with van der Waals surface area (Å²) in [6.45, 7) is 6.75. The van der Waals surface area contributed by atoms with Crippen molar-refractivity contribution in [2.75, 3.05) is 19.6 Å². The molecule has 0 atom stereocenters. The van der Waals surface area contributed by atoms with Gasteiger partial charge in [-0.05, 0) is 49.5 Å². The van der Waals surface area contributed by atoms with Crippen molar-refractivity contribution in [3.63, 3.8) is 0 Å². The van der Waals surface area contributed by atoms with Crippen LogP contribution in [0.2, 0.25) is 0 Å². The average molecular weight is 263 g/mol. The number of rotatable bonds is 3. The van der Waals surface area contributed by atoms with Crippen LogP contribution < -0.4 is 0 Å². The van der Waals surface area contributed by atoms with Crippen LogP contribution in [0.5, 0.6) is 11.5 Å². The zero-order valence-corrected chi connectivity index (χ0v) is 11.5. The number of carbonyl (C=O) groups is 1. The van der Waals surface area contributed by atoms with E-state index >= 15 is 0 Å². The van der Waals surface area contributed by atoms with E-state index in [2.05, 4.69) is 18.7 Å². The van der Waals surface area contributed by atoms with Gasteiger partial charge in [-0.1, -0.05) is 13.8 Å². The number of phenolic OH excluding ortho intramolecular Hbond substituents is 2. The molecule has 0 bridgehead atoms. The van der Waals surface area contributed by atoms with Gasteiger partial charge in [-0.2, -0.15) is 0 Å². The minimum atomic E-state index is -0.245. The lowest BCUT2D eigenvalue weighted by Crippen LogP contribution is -2.40. The second-order valence-corrected chi connectivity index (χ2v) is 6.07. The van der Waals surface area contributed by atoms with Gasteiger partial charge < -0.3 is 10.2 Å². The molecule has 0 spiro atoms. The van der Waals surface area contributed by atoms with Crippen LogP contribution >= 0.6 is 0 Å². The molecule has 0 aromatic heterocycles. The Labute approximate surface area is 113 Å². The molecule has 104 valence electrons. The second kappa shape index (κ2) is 5.21. The van der Waals surface area contributed by atoms with E-state index in [0.29, 0.717) is 17.5 Å². The maximum atomic E-state index is 12.1. The van der Waals surface area contributed by atoms with Gasteiger partial charge in [0.05, 0.1) is 6.54 Å². The first kappa shape index (κ1) is 13.9. The lowest BCUT2D eigenvalue weighted by molar-refractivity contribution is 0.0845. The number of aromatic hydroxyl groups is 2. The van der Waals surface area contributed by atoms with Crippen molar-refractivity contribution in [3.05, 3.63) is 23.8 Å². The van der Waals surface area contributed by atoms with E-state index in [1.165, 1.54) is 12.1 Å². The van der Waals surface area contributed by atoms with E-state index in [-0.39, 0.29) is 17.3 Å². The Morgan fingerprint density at radius 2 is 1.84 bits per heavy atom. The zero-order chi connectivity index (χ0) is 14.0. The molecule has 1 saturated heterocycles. The lowest BCUT2D eigenvalue weighted by atomic mass is 9.82. The predicted octanol–water partition coefficient (Wildman–Crippen LogP) is 2.40. The standard InChI is InChI=1S/C15H21NO3/c1-15(2)5-7-16(8-6-15)10-14(19)11-3-4-12(17)13(18)9-11/h3-4,9,17-18H,5-8,10H2,1-2H3. The van der Waals surface area contributed by atoms with Crippen LogP contribution in [0.4, 0.5) is 0 Å². The van der Waals surface area contributed by atoms with E-state index in [4.69, 9.17) is 0 Å². The SMILES string of the molecule is CC1(C)CCN(CC(=O)c2ccc(O)c(O)c2)CC1. The normalized spacial score (nSPS) is 19.3. The largest absolute Gasteiger partial charge is 0.504 e. The minimum absolute atomic E-state index is 0.0185. The average Bonchev–Trinajstić information content (AvgIpc) is 2.35. The molecule has 1 heterocycles. The van der Waals surface area contributed by atoms with E-state index in [1.54, 1.807) is 6.07 Å². The van der Waals surface area contributed by atoms with Crippen LogP contribution in [0.25, 0.3) is 0 Å². The molecule has 0 saturated carbocycles. The number of carbonyl (C=O) groups excluding carboxylic acids is 1. The van der Waals surface area contributed by atoms with Gasteiger partial charge >= 0.3 is 0 Å². The Morgan fingerprint density at radius 1 is 1.21 bits per heavy atom. The highest BCUT2D eigenvalue weighted by Gasteiger charge is 2.26. The van der Waals surface area contributed by atoms with Gasteiger partial charge in [-0.15, -0.1) is 0 Å². The fourth-order valence-corrected chi connectivity index (χ4v) is 2.31. The summed E-state index contributed by atoms with van der Waals surface area (Å²) in [4.78, 5) is 14.3. The summed E-state index contributed by atoms with van der Waals surface area (Å²) in [5, 5.41) is 18.6. The van der Waals surface area contributed by atoms with Crippen molar-refractivity contribution in [1.82, 2.24) is 4.90 Å². The van der Waals surface area contributed by atoms with E-state index in [1.807, 2.05) is 0 Å². The Kier molecular flexibility index (Phi) is 3.80. The summed E-state index contributed by atoms with van der Waals surface area (Å²) in [7, 11) is 0. The maximum absolute atomic E-state index is 12.1. The first-order valence-electron chi connectivity index (χ1n) is 6.65. The number of hydrogen-bond acceptors (Lipinski definition) is 4. The lowest BCUT2D eigenvalue weighted by Gasteiger charge is -2.36. The molecule has 1 aliphatic rings. The fraction of sp³-hybridized carbons (Fsp3) is 0.533. The number of ketones is 1. The Hall–Kier alpha value is -1.55. The quantitative estimate of drug-likeness (QED) is 0.649. The summed E-state index contributed by atoms with van der Waals surface area (Å²) < 4.78 is 0. The summed E-state index contributed by atoms with van der Waals surface area (Å²) in [6.07, 6.45) is 2.20. The Balaban J connectivity index is 1.96. The molecule has 4 heteroatoms. The number of likely N-dealkylation sites (tertiary alicyclic amines) is 1. The predicted molar refractivity (Wildman–Crippen MR) is 73.6 cm³/mol. The molecule has 4 nitrogen and oxygen atoms in total.